The van der Waals surface area contributed by atoms with Crippen LogP contribution in [0.25, 0.3) is 0 Å². The van der Waals surface area contributed by atoms with E-state index >= 15 is 0 Å². The predicted molar refractivity (Wildman–Crippen MR) is 74.3 cm³/mol. The molecule has 1 aromatic carbocycles. The fourth-order valence-electron chi connectivity index (χ4n) is 2.96. The van der Waals surface area contributed by atoms with Gasteiger partial charge in [0.05, 0.1) is 5.69 Å². The van der Waals surface area contributed by atoms with Crippen molar-refractivity contribution in [1.82, 2.24) is 0 Å². The van der Waals surface area contributed by atoms with Gasteiger partial charge in [0.15, 0.2) is 0 Å². The minimum Gasteiger partial charge on any atom is -0.330 e. The Hall–Kier alpha value is -1.42. The molecule has 1 saturated carbocycles. The fraction of sp³-hybridized carbons (Fsp3) is 0.533. The van der Waals surface area contributed by atoms with Gasteiger partial charge in [0.1, 0.15) is 5.82 Å². The molecule has 104 valence electrons. The van der Waals surface area contributed by atoms with Crippen LogP contribution in [0, 0.1) is 17.7 Å². The molecule has 2 atom stereocenters. The number of benzene rings is 1. The lowest BCUT2D eigenvalue weighted by Gasteiger charge is -2.27. The Kier molecular flexibility index (Phi) is 4.53. The molecular formula is C15H21FN2O. The van der Waals surface area contributed by atoms with Crippen molar-refractivity contribution in [2.45, 2.75) is 26.2 Å². The summed E-state index contributed by atoms with van der Waals surface area (Å²) < 4.78 is 13.8. The van der Waals surface area contributed by atoms with Crippen molar-refractivity contribution in [3.8, 4) is 0 Å². The Morgan fingerprint density at radius 1 is 1.42 bits per heavy atom. The van der Waals surface area contributed by atoms with E-state index in [-0.39, 0.29) is 23.6 Å². The quantitative estimate of drug-likeness (QED) is 0.908. The summed E-state index contributed by atoms with van der Waals surface area (Å²) in [5.41, 5.74) is 6.10. The Morgan fingerprint density at radius 2 is 2.16 bits per heavy atom. The van der Waals surface area contributed by atoms with Crippen LogP contribution >= 0.6 is 0 Å². The van der Waals surface area contributed by atoms with Gasteiger partial charge >= 0.3 is 0 Å². The van der Waals surface area contributed by atoms with Gasteiger partial charge in [-0.15, -0.1) is 0 Å². The average molecular weight is 264 g/mol. The van der Waals surface area contributed by atoms with E-state index in [1.54, 1.807) is 23.1 Å². The van der Waals surface area contributed by atoms with Gasteiger partial charge in [-0.25, -0.2) is 4.39 Å². The first kappa shape index (κ1) is 14.0. The van der Waals surface area contributed by atoms with Gasteiger partial charge in [0.25, 0.3) is 0 Å². The van der Waals surface area contributed by atoms with Crippen molar-refractivity contribution in [3.05, 3.63) is 30.1 Å². The van der Waals surface area contributed by atoms with Gasteiger partial charge < -0.3 is 10.6 Å². The summed E-state index contributed by atoms with van der Waals surface area (Å²) in [6, 6.07) is 6.43. The third-order valence-corrected chi connectivity index (χ3v) is 4.00. The third kappa shape index (κ3) is 2.78. The maximum absolute atomic E-state index is 13.8. The van der Waals surface area contributed by atoms with Crippen LogP contribution < -0.4 is 10.6 Å². The first-order valence-corrected chi connectivity index (χ1v) is 6.95. The Balaban J connectivity index is 2.22. The summed E-state index contributed by atoms with van der Waals surface area (Å²) in [5.74, 6) is -0.140. The number of carbonyl (C=O) groups is 1. The van der Waals surface area contributed by atoms with Crippen molar-refractivity contribution in [2.24, 2.45) is 17.6 Å². The molecule has 2 unspecified atom stereocenters. The van der Waals surface area contributed by atoms with Crippen LogP contribution in [0.3, 0.4) is 0 Å². The number of para-hydroxylation sites is 1. The van der Waals surface area contributed by atoms with Crippen LogP contribution in [-0.4, -0.2) is 19.0 Å². The lowest BCUT2D eigenvalue weighted by molar-refractivity contribution is -0.123. The van der Waals surface area contributed by atoms with Crippen LogP contribution in [0.5, 0.6) is 0 Å². The first-order chi connectivity index (χ1) is 9.19. The van der Waals surface area contributed by atoms with E-state index in [9.17, 15) is 9.18 Å². The number of carbonyl (C=O) groups excluding carboxylic acids is 1. The minimum atomic E-state index is -0.347. The Bertz CT molecular complexity index is 450. The Labute approximate surface area is 113 Å². The smallest absolute Gasteiger partial charge is 0.230 e. The zero-order chi connectivity index (χ0) is 13.8. The van der Waals surface area contributed by atoms with Crippen LogP contribution in [0.15, 0.2) is 24.3 Å². The fourth-order valence-corrected chi connectivity index (χ4v) is 2.96. The third-order valence-electron chi connectivity index (χ3n) is 4.00. The van der Waals surface area contributed by atoms with Gasteiger partial charge in [-0.2, -0.15) is 0 Å². The molecule has 1 fully saturated rings. The molecule has 1 aliphatic carbocycles. The van der Waals surface area contributed by atoms with E-state index in [1.807, 2.05) is 6.92 Å². The Morgan fingerprint density at radius 3 is 2.79 bits per heavy atom. The molecule has 0 aromatic heterocycles. The molecule has 2 rings (SSSR count). The van der Waals surface area contributed by atoms with E-state index in [0.717, 1.165) is 19.3 Å². The number of anilines is 1. The lowest BCUT2D eigenvalue weighted by atomic mass is 9.94. The molecule has 3 nitrogen and oxygen atoms in total. The summed E-state index contributed by atoms with van der Waals surface area (Å²) in [6.45, 7) is 2.88. The molecule has 1 aromatic rings. The predicted octanol–water partition coefficient (Wildman–Crippen LogP) is 2.55. The maximum atomic E-state index is 13.8. The highest BCUT2D eigenvalue weighted by atomic mass is 19.1. The molecule has 19 heavy (non-hydrogen) atoms. The van der Waals surface area contributed by atoms with Crippen LogP contribution in [0.4, 0.5) is 10.1 Å². The highest BCUT2D eigenvalue weighted by Crippen LogP contribution is 2.34. The highest BCUT2D eigenvalue weighted by Gasteiger charge is 2.35. The normalized spacial score (nSPS) is 22.5. The van der Waals surface area contributed by atoms with E-state index in [0.29, 0.717) is 18.8 Å². The number of nitrogens with two attached hydrogens (primary N) is 1. The second-order valence-electron chi connectivity index (χ2n) is 5.07. The molecule has 4 heteroatoms. The standard InChI is InChI=1S/C15H21FN2O/c1-2-18(14-9-4-3-8-13(14)16)15(19)12-7-5-6-11(12)10-17/h3-4,8-9,11-12H,2,5-7,10,17H2,1H3. The van der Waals surface area contributed by atoms with Gasteiger partial charge in [-0.05, 0) is 44.4 Å². The number of halogens is 1. The van der Waals surface area contributed by atoms with Crippen molar-refractivity contribution in [3.63, 3.8) is 0 Å². The highest BCUT2D eigenvalue weighted by molar-refractivity contribution is 5.95. The van der Waals surface area contributed by atoms with Crippen molar-refractivity contribution in [2.75, 3.05) is 18.0 Å². The minimum absolute atomic E-state index is 0.0144. The zero-order valence-electron chi connectivity index (χ0n) is 11.3. The summed E-state index contributed by atoms with van der Waals surface area (Å²) >= 11 is 0. The summed E-state index contributed by atoms with van der Waals surface area (Å²) in [4.78, 5) is 14.2. The number of hydrogen-bond acceptors (Lipinski definition) is 2. The van der Waals surface area contributed by atoms with Crippen LogP contribution in [0.1, 0.15) is 26.2 Å². The van der Waals surface area contributed by atoms with Crippen LogP contribution in [-0.2, 0) is 4.79 Å². The largest absolute Gasteiger partial charge is 0.330 e. The van der Waals surface area contributed by atoms with Gasteiger partial charge in [-0.1, -0.05) is 18.6 Å². The lowest BCUT2D eigenvalue weighted by Crippen LogP contribution is -2.39. The van der Waals surface area contributed by atoms with Gasteiger partial charge in [0.2, 0.25) is 5.91 Å². The van der Waals surface area contributed by atoms with E-state index in [1.165, 1.54) is 6.07 Å². The molecule has 0 bridgehead atoms. The summed E-state index contributed by atoms with van der Waals surface area (Å²) in [6.07, 6.45) is 2.90. The molecule has 0 heterocycles. The number of hydrogen-bond donors (Lipinski definition) is 1. The molecular weight excluding hydrogens is 243 g/mol. The first-order valence-electron chi connectivity index (χ1n) is 6.95. The van der Waals surface area contributed by atoms with Crippen LogP contribution in [0.2, 0.25) is 0 Å². The molecule has 1 aliphatic rings. The second-order valence-corrected chi connectivity index (χ2v) is 5.07. The SMILES string of the molecule is CCN(C(=O)C1CCCC1CN)c1ccccc1F. The van der Waals surface area contributed by atoms with Crippen molar-refractivity contribution >= 4 is 11.6 Å². The van der Waals surface area contributed by atoms with E-state index in [2.05, 4.69) is 0 Å². The van der Waals surface area contributed by atoms with Crippen molar-refractivity contribution < 1.29 is 9.18 Å². The molecule has 1 amide bonds. The monoisotopic (exact) mass is 264 g/mol. The topological polar surface area (TPSA) is 46.3 Å². The van der Waals surface area contributed by atoms with E-state index in [4.69, 9.17) is 5.73 Å². The molecule has 0 radical (unpaired) electrons. The second kappa shape index (κ2) is 6.15. The number of amides is 1. The van der Waals surface area contributed by atoms with Crippen molar-refractivity contribution in [1.29, 1.82) is 0 Å². The molecule has 0 saturated heterocycles. The molecule has 0 aliphatic heterocycles. The number of nitrogens with zero attached hydrogens (tertiary/aromatic N) is 1. The molecule has 2 N–H and O–H groups in total. The van der Waals surface area contributed by atoms with Gasteiger partial charge in [0, 0.05) is 12.5 Å². The zero-order valence-corrected chi connectivity index (χ0v) is 11.3. The van der Waals surface area contributed by atoms with E-state index < -0.39 is 0 Å². The molecule has 0 spiro atoms. The maximum Gasteiger partial charge on any atom is 0.230 e. The summed E-state index contributed by atoms with van der Waals surface area (Å²) in [5, 5.41) is 0. The number of rotatable bonds is 4. The average Bonchev–Trinajstić information content (AvgIpc) is 2.89. The summed E-state index contributed by atoms with van der Waals surface area (Å²) in [7, 11) is 0. The van der Waals surface area contributed by atoms with Gasteiger partial charge in [-0.3, -0.25) is 4.79 Å².